The lowest BCUT2D eigenvalue weighted by atomic mass is 10.2. The van der Waals surface area contributed by atoms with Crippen LogP contribution in [0.25, 0.3) is 0 Å². The van der Waals surface area contributed by atoms with Crippen molar-refractivity contribution in [1.29, 1.82) is 0 Å². The molecule has 0 aliphatic carbocycles. The Labute approximate surface area is 141 Å². The molecule has 0 radical (unpaired) electrons. The second-order valence-corrected chi connectivity index (χ2v) is 5.57. The van der Waals surface area contributed by atoms with E-state index in [1.54, 1.807) is 30.3 Å². The first-order valence-corrected chi connectivity index (χ1v) is 8.10. The zero-order valence-corrected chi connectivity index (χ0v) is 14.1. The quantitative estimate of drug-likeness (QED) is 0.807. The van der Waals surface area contributed by atoms with Crippen molar-refractivity contribution in [3.05, 3.63) is 53.7 Å². The van der Waals surface area contributed by atoms with Crippen molar-refractivity contribution in [1.82, 2.24) is 15.2 Å². The normalized spacial score (nSPS) is 10.4. The molecular formula is C18H23N3O3. The molecule has 0 unspecified atom stereocenters. The Morgan fingerprint density at radius 2 is 2.12 bits per heavy atom. The Bertz CT molecular complexity index is 667. The monoisotopic (exact) mass is 329 g/mol. The summed E-state index contributed by atoms with van der Waals surface area (Å²) >= 11 is 0. The summed E-state index contributed by atoms with van der Waals surface area (Å²) in [4.78, 5) is 30.3. The predicted molar refractivity (Wildman–Crippen MR) is 90.3 cm³/mol. The molecule has 0 saturated carbocycles. The lowest BCUT2D eigenvalue weighted by Crippen LogP contribution is -2.35. The van der Waals surface area contributed by atoms with Gasteiger partial charge in [-0.3, -0.25) is 14.6 Å². The summed E-state index contributed by atoms with van der Waals surface area (Å²) in [5, 5.41) is 2.85. The number of nitrogens with zero attached hydrogens (tertiary/aromatic N) is 2. The van der Waals surface area contributed by atoms with Gasteiger partial charge in [0.1, 0.15) is 5.76 Å². The van der Waals surface area contributed by atoms with Crippen LogP contribution in [0.4, 0.5) is 0 Å². The first-order valence-electron chi connectivity index (χ1n) is 8.10. The van der Waals surface area contributed by atoms with E-state index in [4.69, 9.17) is 4.42 Å². The topological polar surface area (TPSA) is 75.4 Å². The molecule has 0 spiro atoms. The van der Waals surface area contributed by atoms with Crippen molar-refractivity contribution in [2.45, 2.75) is 33.2 Å². The molecule has 0 atom stereocenters. The van der Waals surface area contributed by atoms with Gasteiger partial charge in [-0.15, -0.1) is 0 Å². The molecule has 6 heteroatoms. The van der Waals surface area contributed by atoms with Crippen LogP contribution in [0.3, 0.4) is 0 Å². The molecule has 0 aromatic carbocycles. The maximum atomic E-state index is 12.5. The summed E-state index contributed by atoms with van der Waals surface area (Å²) in [5.41, 5.74) is 1.50. The minimum absolute atomic E-state index is 0.0864. The van der Waals surface area contributed by atoms with E-state index in [0.29, 0.717) is 31.0 Å². The first-order chi connectivity index (χ1) is 11.6. The van der Waals surface area contributed by atoms with Crippen LogP contribution < -0.4 is 5.32 Å². The predicted octanol–water partition coefficient (Wildman–Crippen LogP) is 2.54. The van der Waals surface area contributed by atoms with E-state index in [2.05, 4.69) is 10.3 Å². The van der Waals surface area contributed by atoms with Gasteiger partial charge in [0.25, 0.3) is 5.91 Å². The molecule has 0 aliphatic heterocycles. The SMILES string of the molecule is CCCN(CCC(=O)NCc1cccnc1)C(=O)c1ccoc1C. The third-order valence-electron chi connectivity index (χ3n) is 3.69. The number of aromatic nitrogens is 1. The Morgan fingerprint density at radius 1 is 1.29 bits per heavy atom. The van der Waals surface area contributed by atoms with E-state index in [0.717, 1.165) is 12.0 Å². The molecule has 6 nitrogen and oxygen atoms in total. The molecule has 24 heavy (non-hydrogen) atoms. The maximum Gasteiger partial charge on any atom is 0.257 e. The maximum absolute atomic E-state index is 12.5. The van der Waals surface area contributed by atoms with Gasteiger partial charge in [-0.25, -0.2) is 0 Å². The van der Waals surface area contributed by atoms with Crippen molar-refractivity contribution in [3.63, 3.8) is 0 Å². The second-order valence-electron chi connectivity index (χ2n) is 5.57. The fraction of sp³-hybridized carbons (Fsp3) is 0.389. The van der Waals surface area contributed by atoms with Gasteiger partial charge in [0.05, 0.1) is 11.8 Å². The summed E-state index contributed by atoms with van der Waals surface area (Å²) in [6.07, 6.45) is 6.02. The van der Waals surface area contributed by atoms with Gasteiger partial charge in [0.2, 0.25) is 5.91 Å². The van der Waals surface area contributed by atoms with E-state index < -0.39 is 0 Å². The van der Waals surface area contributed by atoms with Gasteiger partial charge in [0.15, 0.2) is 0 Å². The zero-order valence-electron chi connectivity index (χ0n) is 14.1. The highest BCUT2D eigenvalue weighted by Gasteiger charge is 2.19. The molecule has 2 amide bonds. The first kappa shape index (κ1) is 17.7. The van der Waals surface area contributed by atoms with Crippen molar-refractivity contribution < 1.29 is 14.0 Å². The standard InChI is InChI=1S/C18H23N3O3/c1-3-9-21(18(23)16-7-11-24-14(16)2)10-6-17(22)20-13-15-5-4-8-19-12-15/h4-5,7-8,11-12H,3,6,9-10,13H2,1-2H3,(H,20,22). The lowest BCUT2D eigenvalue weighted by Gasteiger charge is -2.21. The largest absolute Gasteiger partial charge is 0.469 e. The molecular weight excluding hydrogens is 306 g/mol. The van der Waals surface area contributed by atoms with Crippen LogP contribution in [-0.4, -0.2) is 34.8 Å². The fourth-order valence-corrected chi connectivity index (χ4v) is 2.39. The third-order valence-corrected chi connectivity index (χ3v) is 3.69. The average Bonchev–Trinajstić information content (AvgIpc) is 3.03. The number of hydrogen-bond acceptors (Lipinski definition) is 4. The van der Waals surface area contributed by atoms with E-state index in [1.165, 1.54) is 6.26 Å². The highest BCUT2D eigenvalue weighted by atomic mass is 16.3. The van der Waals surface area contributed by atoms with E-state index >= 15 is 0 Å². The minimum Gasteiger partial charge on any atom is -0.469 e. The summed E-state index contributed by atoms with van der Waals surface area (Å²) in [6, 6.07) is 5.40. The summed E-state index contributed by atoms with van der Waals surface area (Å²) in [5.74, 6) is 0.418. The van der Waals surface area contributed by atoms with Gasteiger partial charge >= 0.3 is 0 Å². The summed E-state index contributed by atoms with van der Waals surface area (Å²) < 4.78 is 5.19. The number of hydrogen-bond donors (Lipinski definition) is 1. The highest BCUT2D eigenvalue weighted by Crippen LogP contribution is 2.13. The van der Waals surface area contributed by atoms with Crippen LogP contribution in [0.2, 0.25) is 0 Å². The van der Waals surface area contributed by atoms with Crippen molar-refractivity contribution in [3.8, 4) is 0 Å². The number of carbonyl (C=O) groups excluding carboxylic acids is 2. The Morgan fingerprint density at radius 3 is 2.75 bits per heavy atom. The van der Waals surface area contributed by atoms with Crippen molar-refractivity contribution in [2.75, 3.05) is 13.1 Å². The number of furan rings is 1. The molecule has 2 rings (SSSR count). The minimum atomic E-state index is -0.0943. The number of amides is 2. The second kappa shape index (κ2) is 8.86. The molecule has 1 N–H and O–H groups in total. The number of pyridine rings is 1. The van der Waals surface area contributed by atoms with Crippen LogP contribution in [-0.2, 0) is 11.3 Å². The Kier molecular flexibility index (Phi) is 6.54. The molecule has 2 heterocycles. The third kappa shape index (κ3) is 4.94. The molecule has 0 bridgehead atoms. The van der Waals surface area contributed by atoms with Gasteiger partial charge in [-0.2, -0.15) is 0 Å². The molecule has 2 aromatic heterocycles. The van der Waals surface area contributed by atoms with Gasteiger partial charge < -0.3 is 14.6 Å². The van der Waals surface area contributed by atoms with E-state index in [9.17, 15) is 9.59 Å². The molecule has 0 fully saturated rings. The van der Waals surface area contributed by atoms with Crippen LogP contribution >= 0.6 is 0 Å². The Balaban J connectivity index is 1.85. The van der Waals surface area contributed by atoms with Crippen LogP contribution in [0.15, 0.2) is 41.3 Å². The highest BCUT2D eigenvalue weighted by molar-refractivity contribution is 5.95. The van der Waals surface area contributed by atoms with Crippen molar-refractivity contribution in [2.24, 2.45) is 0 Å². The summed E-state index contributed by atoms with van der Waals surface area (Å²) in [7, 11) is 0. The summed E-state index contributed by atoms with van der Waals surface area (Å²) in [6.45, 7) is 5.20. The molecule has 2 aromatic rings. The smallest absolute Gasteiger partial charge is 0.257 e. The average molecular weight is 329 g/mol. The zero-order chi connectivity index (χ0) is 17.4. The molecule has 128 valence electrons. The molecule has 0 aliphatic rings. The number of rotatable bonds is 8. The number of nitrogens with one attached hydrogen (secondary N) is 1. The molecule has 0 saturated heterocycles. The van der Waals surface area contributed by atoms with Gasteiger partial charge in [-0.05, 0) is 31.0 Å². The fourth-order valence-electron chi connectivity index (χ4n) is 2.39. The van der Waals surface area contributed by atoms with Gasteiger partial charge in [0, 0.05) is 38.4 Å². The van der Waals surface area contributed by atoms with Gasteiger partial charge in [-0.1, -0.05) is 13.0 Å². The van der Waals surface area contributed by atoms with E-state index in [1.807, 2.05) is 19.1 Å². The lowest BCUT2D eigenvalue weighted by molar-refractivity contribution is -0.121. The van der Waals surface area contributed by atoms with Crippen molar-refractivity contribution >= 4 is 11.8 Å². The number of carbonyl (C=O) groups is 2. The van der Waals surface area contributed by atoms with Crippen LogP contribution in [0, 0.1) is 6.92 Å². The van der Waals surface area contributed by atoms with Crippen LogP contribution in [0.5, 0.6) is 0 Å². The van der Waals surface area contributed by atoms with Crippen LogP contribution in [0.1, 0.15) is 41.4 Å². The van der Waals surface area contributed by atoms with E-state index in [-0.39, 0.29) is 18.2 Å². The number of aryl methyl sites for hydroxylation is 1. The Hall–Kier alpha value is -2.63.